The van der Waals surface area contributed by atoms with Crippen LogP contribution >= 0.6 is 0 Å². The molecule has 1 fully saturated rings. The van der Waals surface area contributed by atoms with Gasteiger partial charge in [-0.25, -0.2) is 4.98 Å². The van der Waals surface area contributed by atoms with E-state index in [4.69, 9.17) is 0 Å². The van der Waals surface area contributed by atoms with Crippen LogP contribution < -0.4 is 5.32 Å². The van der Waals surface area contributed by atoms with E-state index in [0.29, 0.717) is 0 Å². The Bertz CT molecular complexity index is 297. The average molecular weight is 195 g/mol. The Morgan fingerprint density at radius 3 is 3.07 bits per heavy atom. The molecule has 4 heteroatoms. The molecule has 0 aromatic carbocycles. The van der Waals surface area contributed by atoms with E-state index >= 15 is 0 Å². The zero-order chi connectivity index (χ0) is 9.97. The van der Waals surface area contributed by atoms with E-state index in [1.807, 2.05) is 13.1 Å². The highest BCUT2D eigenvalue weighted by atomic mass is 16.3. The van der Waals surface area contributed by atoms with Crippen LogP contribution in [0, 0.1) is 6.92 Å². The Hall–Kier alpha value is -0.870. The average Bonchev–Trinajstić information content (AvgIpc) is 2.72. The number of imidazole rings is 1. The van der Waals surface area contributed by atoms with E-state index in [1.165, 1.54) is 0 Å². The second kappa shape index (κ2) is 4.11. The number of rotatable bonds is 3. The molecule has 1 aliphatic carbocycles. The summed E-state index contributed by atoms with van der Waals surface area (Å²) in [4.78, 5) is 7.36. The maximum absolute atomic E-state index is 9.58. The van der Waals surface area contributed by atoms with E-state index in [2.05, 4.69) is 15.3 Å². The molecule has 1 saturated carbocycles. The van der Waals surface area contributed by atoms with Crippen molar-refractivity contribution in [3.05, 3.63) is 17.7 Å². The standard InChI is InChI=1S/C10H17N3O/c1-7-5-12-10(13-7)6-11-8-3-2-4-9(8)14/h5,8-9,11,14H,2-4,6H2,1H3,(H,12,13). The van der Waals surface area contributed by atoms with Crippen LogP contribution in [0.2, 0.25) is 0 Å². The van der Waals surface area contributed by atoms with Crippen molar-refractivity contribution >= 4 is 0 Å². The van der Waals surface area contributed by atoms with Crippen molar-refractivity contribution in [2.24, 2.45) is 0 Å². The van der Waals surface area contributed by atoms with E-state index < -0.39 is 0 Å². The minimum atomic E-state index is -0.175. The molecule has 1 aliphatic rings. The lowest BCUT2D eigenvalue weighted by atomic mass is 10.2. The minimum absolute atomic E-state index is 0.175. The molecule has 14 heavy (non-hydrogen) atoms. The maximum atomic E-state index is 9.58. The molecule has 0 radical (unpaired) electrons. The van der Waals surface area contributed by atoms with Gasteiger partial charge in [-0.3, -0.25) is 0 Å². The Balaban J connectivity index is 1.82. The predicted molar refractivity (Wildman–Crippen MR) is 53.8 cm³/mol. The lowest BCUT2D eigenvalue weighted by Crippen LogP contribution is -2.35. The SMILES string of the molecule is Cc1cnc(CNC2CCCC2O)[nH]1. The second-order valence-electron chi connectivity index (χ2n) is 4.00. The molecule has 0 aliphatic heterocycles. The summed E-state index contributed by atoms with van der Waals surface area (Å²) in [5.41, 5.74) is 1.08. The largest absolute Gasteiger partial charge is 0.392 e. The van der Waals surface area contributed by atoms with Gasteiger partial charge in [0.15, 0.2) is 0 Å². The molecule has 0 spiro atoms. The highest BCUT2D eigenvalue weighted by molar-refractivity contribution is 4.98. The Labute approximate surface area is 83.8 Å². The van der Waals surface area contributed by atoms with Gasteiger partial charge in [0.25, 0.3) is 0 Å². The molecule has 2 atom stereocenters. The van der Waals surface area contributed by atoms with Crippen molar-refractivity contribution in [2.45, 2.75) is 44.9 Å². The van der Waals surface area contributed by atoms with Gasteiger partial charge >= 0.3 is 0 Å². The van der Waals surface area contributed by atoms with Gasteiger partial charge in [-0.2, -0.15) is 0 Å². The van der Waals surface area contributed by atoms with Crippen LogP contribution in [0.1, 0.15) is 30.8 Å². The minimum Gasteiger partial charge on any atom is -0.392 e. The van der Waals surface area contributed by atoms with Gasteiger partial charge in [-0.15, -0.1) is 0 Å². The van der Waals surface area contributed by atoms with Gasteiger partial charge in [-0.1, -0.05) is 0 Å². The second-order valence-corrected chi connectivity index (χ2v) is 4.00. The van der Waals surface area contributed by atoms with Crippen LogP contribution in [-0.4, -0.2) is 27.2 Å². The summed E-state index contributed by atoms with van der Waals surface area (Å²) in [5, 5.41) is 12.9. The first kappa shape index (κ1) is 9.68. The first-order valence-corrected chi connectivity index (χ1v) is 5.17. The van der Waals surface area contributed by atoms with Gasteiger partial charge in [0.1, 0.15) is 5.82 Å². The van der Waals surface area contributed by atoms with Gasteiger partial charge < -0.3 is 15.4 Å². The fraction of sp³-hybridized carbons (Fsp3) is 0.700. The van der Waals surface area contributed by atoms with Crippen LogP contribution in [0.15, 0.2) is 6.20 Å². The van der Waals surface area contributed by atoms with Gasteiger partial charge in [0, 0.05) is 17.9 Å². The highest BCUT2D eigenvalue weighted by Gasteiger charge is 2.24. The number of aromatic nitrogens is 2. The number of aliphatic hydroxyl groups is 1. The molecule has 3 N–H and O–H groups in total. The summed E-state index contributed by atoms with van der Waals surface area (Å²) < 4.78 is 0. The fourth-order valence-electron chi connectivity index (χ4n) is 1.96. The van der Waals surface area contributed by atoms with Crippen molar-refractivity contribution in [3.8, 4) is 0 Å². The third-order valence-corrected chi connectivity index (χ3v) is 2.77. The van der Waals surface area contributed by atoms with Gasteiger partial charge in [-0.05, 0) is 26.2 Å². The van der Waals surface area contributed by atoms with Crippen LogP contribution in [0.3, 0.4) is 0 Å². The Morgan fingerprint density at radius 1 is 1.64 bits per heavy atom. The van der Waals surface area contributed by atoms with Crippen molar-refractivity contribution in [1.82, 2.24) is 15.3 Å². The lowest BCUT2D eigenvalue weighted by molar-refractivity contribution is 0.148. The third kappa shape index (κ3) is 2.13. The van der Waals surface area contributed by atoms with Crippen molar-refractivity contribution < 1.29 is 5.11 Å². The molecule has 78 valence electrons. The molecule has 1 aromatic rings. The summed E-state index contributed by atoms with van der Waals surface area (Å²) in [7, 11) is 0. The molecule has 0 amide bonds. The normalized spacial score (nSPS) is 27.0. The van der Waals surface area contributed by atoms with Crippen LogP contribution in [-0.2, 0) is 6.54 Å². The number of H-pyrrole nitrogens is 1. The van der Waals surface area contributed by atoms with Crippen LogP contribution in [0.4, 0.5) is 0 Å². The maximum Gasteiger partial charge on any atom is 0.120 e. The molecular weight excluding hydrogens is 178 g/mol. The Kier molecular flexibility index (Phi) is 2.84. The molecule has 4 nitrogen and oxygen atoms in total. The zero-order valence-corrected chi connectivity index (χ0v) is 8.45. The highest BCUT2D eigenvalue weighted by Crippen LogP contribution is 2.18. The summed E-state index contributed by atoms with van der Waals surface area (Å²) >= 11 is 0. The van der Waals surface area contributed by atoms with E-state index in [1.54, 1.807) is 0 Å². The van der Waals surface area contributed by atoms with Crippen LogP contribution in [0.25, 0.3) is 0 Å². The molecule has 0 bridgehead atoms. The third-order valence-electron chi connectivity index (χ3n) is 2.77. The number of nitrogens with zero attached hydrogens (tertiary/aromatic N) is 1. The first-order chi connectivity index (χ1) is 6.75. The van der Waals surface area contributed by atoms with E-state index in [0.717, 1.165) is 37.3 Å². The Morgan fingerprint density at radius 2 is 2.50 bits per heavy atom. The number of aromatic amines is 1. The first-order valence-electron chi connectivity index (χ1n) is 5.17. The van der Waals surface area contributed by atoms with E-state index in [9.17, 15) is 5.11 Å². The summed E-state index contributed by atoms with van der Waals surface area (Å²) in [6.45, 7) is 2.70. The molecule has 1 aromatic heterocycles. The smallest absolute Gasteiger partial charge is 0.120 e. The lowest BCUT2D eigenvalue weighted by Gasteiger charge is -2.15. The summed E-state index contributed by atoms with van der Waals surface area (Å²) in [6.07, 6.45) is 4.76. The molecular formula is C10H17N3O. The molecule has 2 rings (SSSR count). The van der Waals surface area contributed by atoms with Crippen LogP contribution in [0.5, 0.6) is 0 Å². The topological polar surface area (TPSA) is 60.9 Å². The van der Waals surface area contributed by atoms with Crippen molar-refractivity contribution in [3.63, 3.8) is 0 Å². The monoisotopic (exact) mass is 195 g/mol. The predicted octanol–water partition coefficient (Wildman–Crippen LogP) is 0.721. The van der Waals surface area contributed by atoms with Gasteiger partial charge in [0.2, 0.25) is 0 Å². The number of aryl methyl sites for hydroxylation is 1. The van der Waals surface area contributed by atoms with Crippen molar-refractivity contribution in [1.29, 1.82) is 0 Å². The number of aliphatic hydroxyl groups excluding tert-OH is 1. The van der Waals surface area contributed by atoms with E-state index in [-0.39, 0.29) is 12.1 Å². The summed E-state index contributed by atoms with van der Waals surface area (Å²) in [6, 6.07) is 0.250. The molecule has 0 saturated heterocycles. The number of hydrogen-bond acceptors (Lipinski definition) is 3. The fourth-order valence-corrected chi connectivity index (χ4v) is 1.96. The molecule has 2 unspecified atom stereocenters. The number of hydrogen-bond donors (Lipinski definition) is 3. The van der Waals surface area contributed by atoms with Crippen molar-refractivity contribution in [2.75, 3.05) is 0 Å². The zero-order valence-electron chi connectivity index (χ0n) is 8.45. The van der Waals surface area contributed by atoms with Gasteiger partial charge in [0.05, 0.1) is 12.6 Å². The molecule has 1 heterocycles. The quantitative estimate of drug-likeness (QED) is 0.666. The summed E-state index contributed by atoms with van der Waals surface area (Å²) in [5.74, 6) is 0.946. The number of nitrogens with one attached hydrogen (secondary N) is 2.